The predicted molar refractivity (Wildman–Crippen MR) is 79.8 cm³/mol. The van der Waals surface area contributed by atoms with Gasteiger partial charge in [0, 0.05) is 29.7 Å². The molecule has 0 radical (unpaired) electrons. The molecule has 2 rings (SSSR count). The quantitative estimate of drug-likeness (QED) is 0.861. The van der Waals surface area contributed by atoms with E-state index in [1.807, 2.05) is 6.92 Å². The van der Waals surface area contributed by atoms with E-state index in [0.717, 1.165) is 16.2 Å². The van der Waals surface area contributed by atoms with E-state index >= 15 is 0 Å². The number of hydrogen-bond acceptors (Lipinski definition) is 3. The van der Waals surface area contributed by atoms with Crippen molar-refractivity contribution in [2.45, 2.75) is 24.3 Å². The molecule has 6 heteroatoms. The Hall–Kier alpha value is -1.04. The Bertz CT molecular complexity index is 586. The molecule has 3 nitrogen and oxygen atoms in total. The zero-order valence-electron chi connectivity index (χ0n) is 11.3. The van der Waals surface area contributed by atoms with Crippen LogP contribution in [0.3, 0.4) is 0 Å². The van der Waals surface area contributed by atoms with Crippen LogP contribution < -0.4 is 0 Å². The van der Waals surface area contributed by atoms with Crippen LogP contribution >= 0.6 is 23.4 Å². The lowest BCUT2D eigenvalue weighted by Crippen LogP contribution is -2.14. The van der Waals surface area contributed by atoms with Crippen molar-refractivity contribution in [3.8, 4) is 0 Å². The lowest BCUT2D eigenvalue weighted by atomic mass is 10.1. The molecular weight excluding hydrogens is 299 g/mol. The van der Waals surface area contributed by atoms with E-state index in [9.17, 15) is 9.50 Å². The van der Waals surface area contributed by atoms with Crippen LogP contribution in [-0.4, -0.2) is 26.7 Å². The highest BCUT2D eigenvalue weighted by atomic mass is 35.5. The van der Waals surface area contributed by atoms with Crippen LogP contribution in [0.15, 0.2) is 29.2 Å². The predicted octanol–water partition coefficient (Wildman–Crippen LogP) is 3.22. The van der Waals surface area contributed by atoms with E-state index in [1.54, 1.807) is 23.9 Å². The molecule has 1 atom stereocenters. The minimum atomic E-state index is -0.523. The summed E-state index contributed by atoms with van der Waals surface area (Å²) >= 11 is 7.62. The Labute approximate surface area is 126 Å². The largest absolute Gasteiger partial charge is 0.392 e. The molecule has 0 aliphatic rings. The number of hydrogen-bond donors (Lipinski definition) is 1. The average molecular weight is 315 g/mol. The van der Waals surface area contributed by atoms with Crippen molar-refractivity contribution in [3.05, 3.63) is 46.5 Å². The van der Waals surface area contributed by atoms with Gasteiger partial charge in [0.1, 0.15) is 11.0 Å². The molecule has 1 aromatic carbocycles. The summed E-state index contributed by atoms with van der Waals surface area (Å²) < 4.78 is 14.4. The molecule has 2 aromatic rings. The van der Waals surface area contributed by atoms with Gasteiger partial charge in [0.25, 0.3) is 0 Å². The first-order valence-corrected chi connectivity index (χ1v) is 7.58. The molecule has 0 saturated carbocycles. The van der Waals surface area contributed by atoms with Gasteiger partial charge in [0.15, 0.2) is 0 Å². The van der Waals surface area contributed by atoms with E-state index in [0.29, 0.717) is 17.3 Å². The van der Waals surface area contributed by atoms with Gasteiger partial charge in [0.2, 0.25) is 0 Å². The molecule has 0 saturated heterocycles. The zero-order valence-corrected chi connectivity index (χ0v) is 12.9. The fourth-order valence-electron chi connectivity index (χ4n) is 1.92. The Balaban J connectivity index is 1.92. The number of aromatic nitrogens is 2. The first-order chi connectivity index (χ1) is 9.47. The molecule has 20 heavy (non-hydrogen) atoms. The summed E-state index contributed by atoms with van der Waals surface area (Å²) in [6.45, 7) is 1.88. The van der Waals surface area contributed by atoms with Crippen molar-refractivity contribution in [2.75, 3.05) is 5.75 Å². The van der Waals surface area contributed by atoms with Gasteiger partial charge in [-0.15, -0.1) is 11.8 Å². The van der Waals surface area contributed by atoms with E-state index in [4.69, 9.17) is 11.6 Å². The maximum absolute atomic E-state index is 12.8. The lowest BCUT2D eigenvalue weighted by Gasteiger charge is -2.10. The van der Waals surface area contributed by atoms with E-state index in [2.05, 4.69) is 5.10 Å². The second-order valence-corrected chi connectivity index (χ2v) is 6.05. The molecule has 0 aliphatic heterocycles. The molecule has 1 heterocycles. The van der Waals surface area contributed by atoms with Gasteiger partial charge in [-0.3, -0.25) is 4.68 Å². The maximum atomic E-state index is 12.8. The van der Waals surface area contributed by atoms with Gasteiger partial charge in [-0.1, -0.05) is 11.6 Å². The Morgan fingerprint density at radius 1 is 1.40 bits per heavy atom. The lowest BCUT2D eigenvalue weighted by molar-refractivity contribution is 0.200. The number of aliphatic hydroxyl groups is 1. The highest BCUT2D eigenvalue weighted by molar-refractivity contribution is 7.99. The second kappa shape index (κ2) is 6.61. The second-order valence-electron chi connectivity index (χ2n) is 4.60. The van der Waals surface area contributed by atoms with Crippen molar-refractivity contribution in [3.63, 3.8) is 0 Å². The smallest absolute Gasteiger partial charge is 0.130 e. The number of nitrogens with zero attached hydrogens (tertiary/aromatic N) is 2. The number of aryl methyl sites for hydroxylation is 2. The fourth-order valence-corrected chi connectivity index (χ4v) is 3.01. The number of rotatable bonds is 5. The highest BCUT2D eigenvalue weighted by Gasteiger charge is 2.15. The third kappa shape index (κ3) is 3.75. The molecule has 0 bridgehead atoms. The van der Waals surface area contributed by atoms with Gasteiger partial charge in [-0.2, -0.15) is 5.10 Å². The molecule has 0 aliphatic carbocycles. The van der Waals surface area contributed by atoms with Crippen molar-refractivity contribution in [1.29, 1.82) is 0 Å². The van der Waals surface area contributed by atoms with Crippen molar-refractivity contribution in [1.82, 2.24) is 9.78 Å². The average Bonchev–Trinajstić information content (AvgIpc) is 2.65. The number of thioether (sulfide) groups is 1. The van der Waals surface area contributed by atoms with E-state index in [1.165, 1.54) is 23.9 Å². The minimum Gasteiger partial charge on any atom is -0.392 e. The van der Waals surface area contributed by atoms with Crippen LogP contribution in [0.1, 0.15) is 11.3 Å². The number of halogens is 2. The van der Waals surface area contributed by atoms with Gasteiger partial charge in [-0.25, -0.2) is 4.39 Å². The molecule has 108 valence electrons. The Morgan fingerprint density at radius 3 is 2.60 bits per heavy atom. The summed E-state index contributed by atoms with van der Waals surface area (Å²) in [6.07, 6.45) is -0.0577. The standard InChI is InChI=1S/C14H16ClFN2OS/c1-9-13(14(15)18(2)17-9)7-11(19)8-20-12-5-3-10(16)4-6-12/h3-6,11,19H,7-8H2,1-2H3. The van der Waals surface area contributed by atoms with Crippen molar-refractivity contribution >= 4 is 23.4 Å². The van der Waals surface area contributed by atoms with Crippen LogP contribution in [0.2, 0.25) is 5.15 Å². The first-order valence-electron chi connectivity index (χ1n) is 6.21. The van der Waals surface area contributed by atoms with E-state index < -0.39 is 6.10 Å². The van der Waals surface area contributed by atoms with Gasteiger partial charge in [-0.05, 0) is 31.2 Å². The molecule has 1 aromatic heterocycles. The van der Waals surface area contributed by atoms with Crippen molar-refractivity contribution < 1.29 is 9.50 Å². The molecule has 0 amide bonds. The normalized spacial score (nSPS) is 12.7. The summed E-state index contributed by atoms with van der Waals surface area (Å²) in [5, 5.41) is 14.9. The van der Waals surface area contributed by atoms with Gasteiger partial charge < -0.3 is 5.11 Å². The topological polar surface area (TPSA) is 38.0 Å². The minimum absolute atomic E-state index is 0.257. The van der Waals surface area contributed by atoms with E-state index in [-0.39, 0.29) is 5.82 Å². The van der Waals surface area contributed by atoms with Crippen LogP contribution in [-0.2, 0) is 13.5 Å². The van der Waals surface area contributed by atoms with Crippen LogP contribution in [0.25, 0.3) is 0 Å². The van der Waals surface area contributed by atoms with Crippen molar-refractivity contribution in [2.24, 2.45) is 7.05 Å². The van der Waals surface area contributed by atoms with Crippen LogP contribution in [0.4, 0.5) is 4.39 Å². The number of aliphatic hydroxyl groups excluding tert-OH is 1. The van der Waals surface area contributed by atoms with Crippen LogP contribution in [0.5, 0.6) is 0 Å². The fraction of sp³-hybridized carbons (Fsp3) is 0.357. The molecule has 1 N–H and O–H groups in total. The maximum Gasteiger partial charge on any atom is 0.130 e. The van der Waals surface area contributed by atoms with Gasteiger partial charge in [0.05, 0.1) is 11.8 Å². The summed E-state index contributed by atoms with van der Waals surface area (Å²) in [6, 6.07) is 6.23. The molecule has 0 spiro atoms. The van der Waals surface area contributed by atoms with Gasteiger partial charge >= 0.3 is 0 Å². The molecule has 1 unspecified atom stereocenters. The Morgan fingerprint density at radius 2 is 2.05 bits per heavy atom. The summed E-state index contributed by atoms with van der Waals surface area (Å²) in [5.74, 6) is 0.267. The van der Waals surface area contributed by atoms with Crippen LogP contribution in [0, 0.1) is 12.7 Å². The summed E-state index contributed by atoms with van der Waals surface area (Å²) in [5.41, 5.74) is 1.71. The number of benzene rings is 1. The third-order valence-corrected chi connectivity index (χ3v) is 4.60. The SMILES string of the molecule is Cc1nn(C)c(Cl)c1CC(O)CSc1ccc(F)cc1. The first kappa shape index (κ1) is 15.4. The molecular formula is C14H16ClFN2OS. The molecule has 0 fully saturated rings. The zero-order chi connectivity index (χ0) is 14.7. The Kier molecular flexibility index (Phi) is 5.07. The summed E-state index contributed by atoms with van der Waals surface area (Å²) in [7, 11) is 1.78. The summed E-state index contributed by atoms with van der Waals surface area (Å²) in [4.78, 5) is 0.930. The monoisotopic (exact) mass is 314 g/mol. The highest BCUT2D eigenvalue weighted by Crippen LogP contribution is 2.23. The third-order valence-electron chi connectivity index (χ3n) is 2.97.